The van der Waals surface area contributed by atoms with Crippen molar-refractivity contribution in [2.45, 2.75) is 6.42 Å². The molecule has 0 saturated heterocycles. The van der Waals surface area contributed by atoms with Gasteiger partial charge in [-0.1, -0.05) is 0 Å². The van der Waals surface area contributed by atoms with E-state index >= 15 is 0 Å². The first-order chi connectivity index (χ1) is 9.08. The van der Waals surface area contributed by atoms with Gasteiger partial charge in [0.15, 0.2) is 0 Å². The van der Waals surface area contributed by atoms with Crippen molar-refractivity contribution in [3.8, 4) is 17.0 Å². The minimum atomic E-state index is -1.03. The van der Waals surface area contributed by atoms with Crippen molar-refractivity contribution in [2.75, 3.05) is 6.61 Å². The number of aromatic carboxylic acids is 1. The lowest BCUT2D eigenvalue weighted by Crippen LogP contribution is -2.10. The van der Waals surface area contributed by atoms with Gasteiger partial charge in [0.05, 0.1) is 6.61 Å². The number of halogens is 1. The standard InChI is InChI=1S/C13H11FN2O3/c1-16-12(13(17)18)9-4-5-19-10-6-7(14)2-3-8(10)11(9)15-16/h2-3,6H,4-5H2,1H3,(H,17,18). The fourth-order valence-corrected chi connectivity index (χ4v) is 2.36. The molecule has 0 radical (unpaired) electrons. The molecule has 0 amide bonds. The highest BCUT2D eigenvalue weighted by Crippen LogP contribution is 2.36. The van der Waals surface area contributed by atoms with Crippen molar-refractivity contribution < 1.29 is 19.0 Å². The summed E-state index contributed by atoms with van der Waals surface area (Å²) in [6, 6.07) is 4.17. The quantitative estimate of drug-likeness (QED) is 0.852. The van der Waals surface area contributed by atoms with E-state index in [0.29, 0.717) is 35.6 Å². The van der Waals surface area contributed by atoms with Gasteiger partial charge < -0.3 is 9.84 Å². The van der Waals surface area contributed by atoms with Gasteiger partial charge in [-0.25, -0.2) is 9.18 Å². The molecule has 0 spiro atoms. The Morgan fingerprint density at radius 2 is 2.32 bits per heavy atom. The van der Waals surface area contributed by atoms with Crippen LogP contribution in [0.1, 0.15) is 16.1 Å². The molecule has 5 nitrogen and oxygen atoms in total. The molecule has 0 aliphatic carbocycles. The largest absolute Gasteiger partial charge is 0.492 e. The zero-order chi connectivity index (χ0) is 13.6. The van der Waals surface area contributed by atoms with Crippen LogP contribution in [0, 0.1) is 5.82 Å². The van der Waals surface area contributed by atoms with Crippen molar-refractivity contribution in [3.05, 3.63) is 35.3 Å². The summed E-state index contributed by atoms with van der Waals surface area (Å²) in [6.45, 7) is 0.301. The summed E-state index contributed by atoms with van der Waals surface area (Å²) in [5, 5.41) is 13.5. The summed E-state index contributed by atoms with van der Waals surface area (Å²) in [4.78, 5) is 11.3. The highest BCUT2D eigenvalue weighted by molar-refractivity contribution is 5.90. The molecule has 1 aliphatic heterocycles. The van der Waals surface area contributed by atoms with E-state index in [1.165, 1.54) is 16.8 Å². The third kappa shape index (κ3) is 1.76. The van der Waals surface area contributed by atoms with E-state index in [-0.39, 0.29) is 5.69 Å². The molecule has 1 N–H and O–H groups in total. The van der Waals surface area contributed by atoms with Crippen LogP contribution in [0.2, 0.25) is 0 Å². The number of hydrogen-bond donors (Lipinski definition) is 1. The summed E-state index contributed by atoms with van der Waals surface area (Å²) in [5.74, 6) is -1.02. The predicted octanol–water partition coefficient (Wildman–Crippen LogP) is 1.86. The Balaban J connectivity index is 2.27. The van der Waals surface area contributed by atoms with Gasteiger partial charge in [-0.05, 0) is 12.1 Å². The van der Waals surface area contributed by atoms with Gasteiger partial charge in [-0.2, -0.15) is 5.10 Å². The van der Waals surface area contributed by atoms with Crippen LogP contribution in [-0.2, 0) is 13.5 Å². The van der Waals surface area contributed by atoms with Gasteiger partial charge in [0.25, 0.3) is 0 Å². The van der Waals surface area contributed by atoms with Crippen molar-refractivity contribution in [1.29, 1.82) is 0 Å². The lowest BCUT2D eigenvalue weighted by molar-refractivity contribution is 0.0683. The van der Waals surface area contributed by atoms with Gasteiger partial charge >= 0.3 is 5.97 Å². The predicted molar refractivity (Wildman–Crippen MR) is 64.8 cm³/mol. The van der Waals surface area contributed by atoms with Crippen molar-refractivity contribution in [1.82, 2.24) is 9.78 Å². The number of nitrogens with zero attached hydrogens (tertiary/aromatic N) is 2. The van der Waals surface area contributed by atoms with Gasteiger partial charge in [-0.15, -0.1) is 0 Å². The molecule has 3 rings (SSSR count). The maximum absolute atomic E-state index is 13.2. The number of carboxylic acid groups (broad SMARTS) is 1. The van der Waals surface area contributed by atoms with E-state index in [1.807, 2.05) is 0 Å². The zero-order valence-corrected chi connectivity index (χ0v) is 10.2. The van der Waals surface area contributed by atoms with Crippen LogP contribution in [0.25, 0.3) is 11.3 Å². The second-order valence-corrected chi connectivity index (χ2v) is 4.34. The van der Waals surface area contributed by atoms with Crippen LogP contribution in [0.4, 0.5) is 4.39 Å². The summed E-state index contributed by atoms with van der Waals surface area (Å²) >= 11 is 0. The van der Waals surface area contributed by atoms with E-state index in [9.17, 15) is 14.3 Å². The minimum Gasteiger partial charge on any atom is -0.492 e. The van der Waals surface area contributed by atoms with Crippen LogP contribution in [0.5, 0.6) is 5.75 Å². The molecule has 0 atom stereocenters. The Morgan fingerprint density at radius 3 is 3.05 bits per heavy atom. The number of rotatable bonds is 1. The van der Waals surface area contributed by atoms with Gasteiger partial charge in [-0.3, -0.25) is 4.68 Å². The molecule has 0 fully saturated rings. The van der Waals surface area contributed by atoms with Crippen molar-refractivity contribution >= 4 is 5.97 Å². The average Bonchev–Trinajstić information content (AvgIpc) is 2.57. The topological polar surface area (TPSA) is 64.4 Å². The lowest BCUT2D eigenvalue weighted by Gasteiger charge is -2.06. The Morgan fingerprint density at radius 1 is 1.53 bits per heavy atom. The lowest BCUT2D eigenvalue weighted by atomic mass is 10.0. The number of benzene rings is 1. The second-order valence-electron chi connectivity index (χ2n) is 4.34. The molecule has 19 heavy (non-hydrogen) atoms. The molecular formula is C13H11FN2O3. The first-order valence-electron chi connectivity index (χ1n) is 5.80. The number of fused-ring (bicyclic) bond motifs is 3. The maximum atomic E-state index is 13.2. The average molecular weight is 262 g/mol. The normalized spacial score (nSPS) is 13.2. The van der Waals surface area contributed by atoms with Crippen LogP contribution in [0.3, 0.4) is 0 Å². The van der Waals surface area contributed by atoms with E-state index in [0.717, 1.165) is 0 Å². The highest BCUT2D eigenvalue weighted by Gasteiger charge is 2.26. The van der Waals surface area contributed by atoms with Crippen LogP contribution >= 0.6 is 0 Å². The molecule has 2 aromatic rings. The van der Waals surface area contributed by atoms with Gasteiger partial charge in [0.2, 0.25) is 0 Å². The maximum Gasteiger partial charge on any atom is 0.354 e. The van der Waals surface area contributed by atoms with E-state index in [1.54, 1.807) is 13.1 Å². The third-order valence-electron chi connectivity index (χ3n) is 3.16. The smallest absolute Gasteiger partial charge is 0.354 e. The number of ether oxygens (including phenoxy) is 1. The zero-order valence-electron chi connectivity index (χ0n) is 10.2. The summed E-state index contributed by atoms with van der Waals surface area (Å²) in [7, 11) is 1.59. The van der Waals surface area contributed by atoms with Crippen LogP contribution in [0.15, 0.2) is 18.2 Å². The Bertz CT molecular complexity index is 679. The summed E-state index contributed by atoms with van der Waals surface area (Å²) < 4.78 is 20.0. The van der Waals surface area contributed by atoms with Gasteiger partial charge in [0, 0.05) is 30.7 Å². The molecular weight excluding hydrogens is 251 g/mol. The fourth-order valence-electron chi connectivity index (χ4n) is 2.36. The molecule has 1 aromatic heterocycles. The Hall–Kier alpha value is -2.37. The second kappa shape index (κ2) is 4.08. The number of hydrogen-bond acceptors (Lipinski definition) is 3. The van der Waals surface area contributed by atoms with Crippen LogP contribution < -0.4 is 4.74 Å². The van der Waals surface area contributed by atoms with Crippen molar-refractivity contribution in [2.24, 2.45) is 7.05 Å². The molecule has 0 saturated carbocycles. The number of carbonyl (C=O) groups is 1. The Kier molecular flexibility index (Phi) is 2.51. The van der Waals surface area contributed by atoms with E-state index in [4.69, 9.17) is 4.74 Å². The molecule has 1 aromatic carbocycles. The van der Waals surface area contributed by atoms with E-state index < -0.39 is 11.8 Å². The molecule has 0 unspecified atom stereocenters. The van der Waals surface area contributed by atoms with E-state index in [2.05, 4.69) is 5.10 Å². The Labute approximate surface area is 108 Å². The molecule has 1 aliphatic rings. The minimum absolute atomic E-state index is 0.149. The molecule has 2 heterocycles. The van der Waals surface area contributed by atoms with Crippen molar-refractivity contribution in [3.63, 3.8) is 0 Å². The van der Waals surface area contributed by atoms with Gasteiger partial charge in [0.1, 0.15) is 23.0 Å². The molecule has 0 bridgehead atoms. The number of aromatic nitrogens is 2. The number of aryl methyl sites for hydroxylation is 1. The third-order valence-corrected chi connectivity index (χ3v) is 3.16. The number of carboxylic acids is 1. The summed E-state index contributed by atoms with van der Waals surface area (Å²) in [5.41, 5.74) is 1.94. The highest BCUT2D eigenvalue weighted by atomic mass is 19.1. The molecule has 98 valence electrons. The molecule has 6 heteroatoms. The first kappa shape index (κ1) is 11.7. The monoisotopic (exact) mass is 262 g/mol. The van der Waals surface area contributed by atoms with Crippen LogP contribution in [-0.4, -0.2) is 27.5 Å². The summed E-state index contributed by atoms with van der Waals surface area (Å²) in [6.07, 6.45) is 0.432. The first-order valence-corrected chi connectivity index (χ1v) is 5.80. The fraction of sp³-hybridized carbons (Fsp3) is 0.231. The SMILES string of the molecule is Cn1nc2c(c1C(=O)O)CCOc1cc(F)ccc1-2.